The van der Waals surface area contributed by atoms with Gasteiger partial charge in [0.05, 0.1) is 27.2 Å². The zero-order chi connectivity index (χ0) is 18.8. The number of hydrogen-bond donors (Lipinski definition) is 1. The number of carboxylic acid groups (broad SMARTS) is 1. The van der Waals surface area contributed by atoms with Gasteiger partial charge in [-0.2, -0.15) is 0 Å². The maximum Gasteiger partial charge on any atom is 0.335 e. The lowest BCUT2D eigenvalue weighted by Crippen LogP contribution is -2.38. The summed E-state index contributed by atoms with van der Waals surface area (Å²) in [4.78, 5) is 30.1. The van der Waals surface area contributed by atoms with E-state index in [2.05, 4.69) is 6.07 Å². The van der Waals surface area contributed by atoms with Crippen molar-refractivity contribution < 1.29 is 14.7 Å². The number of fused-ring (bicyclic) bond motifs is 1. The summed E-state index contributed by atoms with van der Waals surface area (Å²) in [7, 11) is 0. The molecule has 3 aromatic rings. The number of aromatic nitrogens is 1. The number of nitrogens with zero attached hydrogens (tertiary/aromatic N) is 2. The summed E-state index contributed by atoms with van der Waals surface area (Å²) in [5, 5.41) is 10.1. The summed E-state index contributed by atoms with van der Waals surface area (Å²) in [5.74, 6) is -0.438. The van der Waals surface area contributed by atoms with Crippen molar-refractivity contribution in [3.8, 4) is 0 Å². The molecular weight excluding hydrogens is 360 g/mol. The van der Waals surface area contributed by atoms with Crippen LogP contribution in [0.2, 0.25) is 0 Å². The molecule has 1 fully saturated rings. The molecule has 0 spiro atoms. The van der Waals surface area contributed by atoms with E-state index < -0.39 is 5.97 Å². The molecule has 2 heterocycles. The monoisotopic (exact) mass is 380 g/mol. The van der Waals surface area contributed by atoms with Crippen molar-refractivity contribution >= 4 is 33.4 Å². The van der Waals surface area contributed by atoms with Crippen molar-refractivity contribution in [2.45, 2.75) is 25.2 Å². The first-order chi connectivity index (χ1) is 13.1. The summed E-state index contributed by atoms with van der Waals surface area (Å²) < 4.78 is 1.22. The number of likely N-dealkylation sites (tertiary alicyclic amines) is 1. The van der Waals surface area contributed by atoms with Gasteiger partial charge in [0.25, 0.3) is 0 Å². The van der Waals surface area contributed by atoms with Crippen LogP contribution in [0.15, 0.2) is 48.5 Å². The van der Waals surface area contributed by atoms with E-state index in [4.69, 9.17) is 10.1 Å². The first kappa shape index (κ1) is 17.7. The summed E-state index contributed by atoms with van der Waals surface area (Å²) in [6, 6.07) is 14.7. The Morgan fingerprint density at radius 1 is 1.07 bits per heavy atom. The third kappa shape index (κ3) is 3.85. The second kappa shape index (κ2) is 7.48. The van der Waals surface area contributed by atoms with Crippen LogP contribution in [0.5, 0.6) is 0 Å². The number of piperidine rings is 1. The van der Waals surface area contributed by atoms with Crippen molar-refractivity contribution in [1.29, 1.82) is 0 Å². The van der Waals surface area contributed by atoms with Crippen molar-refractivity contribution in [3.05, 3.63) is 64.7 Å². The predicted octanol–water partition coefficient (Wildman–Crippen LogP) is 3.94. The molecule has 1 amide bonds. The molecule has 138 valence electrons. The standard InChI is InChI=1S/C21H20N2O3S/c24-19(13-14-5-7-16(8-6-14)21(25)26)23-11-9-15(10-12-23)20-22-17-3-1-2-4-18(17)27-20/h1-8,15H,9-13H2,(H,25,26). The molecular formula is C21H20N2O3S. The molecule has 1 aromatic heterocycles. The smallest absolute Gasteiger partial charge is 0.335 e. The third-order valence-electron chi connectivity index (χ3n) is 5.06. The molecule has 1 aliphatic heterocycles. The predicted molar refractivity (Wildman–Crippen MR) is 105 cm³/mol. The second-order valence-electron chi connectivity index (χ2n) is 6.85. The van der Waals surface area contributed by atoms with E-state index in [9.17, 15) is 9.59 Å². The van der Waals surface area contributed by atoms with Gasteiger partial charge in [0.2, 0.25) is 5.91 Å². The van der Waals surface area contributed by atoms with E-state index in [-0.39, 0.29) is 11.5 Å². The number of aromatic carboxylic acids is 1. The summed E-state index contributed by atoms with van der Waals surface area (Å²) in [6.45, 7) is 1.49. The molecule has 0 radical (unpaired) electrons. The van der Waals surface area contributed by atoms with Crippen LogP contribution in [0.1, 0.15) is 39.7 Å². The summed E-state index contributed by atoms with van der Waals surface area (Å²) in [6.07, 6.45) is 2.18. The fraction of sp³-hybridized carbons (Fsp3) is 0.286. The Balaban J connectivity index is 1.35. The quantitative estimate of drug-likeness (QED) is 0.744. The molecule has 0 atom stereocenters. The molecule has 27 heavy (non-hydrogen) atoms. The fourth-order valence-corrected chi connectivity index (χ4v) is 4.63. The van der Waals surface area contributed by atoms with Crippen LogP contribution in [0, 0.1) is 0 Å². The van der Waals surface area contributed by atoms with Gasteiger partial charge in [-0.1, -0.05) is 24.3 Å². The minimum Gasteiger partial charge on any atom is -0.478 e. The summed E-state index contributed by atoms with van der Waals surface area (Å²) in [5.41, 5.74) is 2.14. The molecule has 4 rings (SSSR count). The molecule has 0 bridgehead atoms. The van der Waals surface area contributed by atoms with Crippen LogP contribution in [0.25, 0.3) is 10.2 Å². The van der Waals surface area contributed by atoms with E-state index >= 15 is 0 Å². The minimum atomic E-state index is -0.954. The van der Waals surface area contributed by atoms with E-state index in [1.54, 1.807) is 35.6 Å². The number of thiazole rings is 1. The number of hydrogen-bond acceptors (Lipinski definition) is 4. The van der Waals surface area contributed by atoms with Gasteiger partial charge in [-0.05, 0) is 42.7 Å². The zero-order valence-electron chi connectivity index (χ0n) is 14.8. The van der Waals surface area contributed by atoms with E-state index in [0.29, 0.717) is 12.3 Å². The van der Waals surface area contributed by atoms with Crippen LogP contribution in [0.4, 0.5) is 0 Å². The van der Waals surface area contributed by atoms with Gasteiger partial charge >= 0.3 is 5.97 Å². The SMILES string of the molecule is O=C(O)c1ccc(CC(=O)N2CCC(c3nc4ccccc4s3)CC2)cc1. The van der Waals surface area contributed by atoms with Gasteiger partial charge in [-0.3, -0.25) is 4.79 Å². The Bertz CT molecular complexity index is 940. The Labute approximate surface area is 161 Å². The molecule has 1 N–H and O–H groups in total. The maximum atomic E-state index is 12.6. The van der Waals surface area contributed by atoms with Gasteiger partial charge in [0, 0.05) is 19.0 Å². The molecule has 1 saturated heterocycles. The van der Waals surface area contributed by atoms with Crippen molar-refractivity contribution in [1.82, 2.24) is 9.88 Å². The van der Waals surface area contributed by atoms with Crippen LogP contribution in [-0.2, 0) is 11.2 Å². The fourth-order valence-electron chi connectivity index (χ4n) is 3.49. The maximum absolute atomic E-state index is 12.6. The van der Waals surface area contributed by atoms with Crippen LogP contribution in [0.3, 0.4) is 0 Å². The van der Waals surface area contributed by atoms with Crippen molar-refractivity contribution in [2.75, 3.05) is 13.1 Å². The topological polar surface area (TPSA) is 70.5 Å². The largest absolute Gasteiger partial charge is 0.478 e. The Morgan fingerprint density at radius 3 is 2.44 bits per heavy atom. The number of rotatable bonds is 4. The normalized spacial score (nSPS) is 15.2. The highest BCUT2D eigenvalue weighted by Crippen LogP contribution is 2.33. The van der Waals surface area contributed by atoms with E-state index in [1.807, 2.05) is 23.1 Å². The molecule has 2 aromatic carbocycles. The lowest BCUT2D eigenvalue weighted by atomic mass is 9.97. The van der Waals surface area contributed by atoms with Crippen molar-refractivity contribution in [2.24, 2.45) is 0 Å². The number of carboxylic acids is 1. The highest BCUT2D eigenvalue weighted by atomic mass is 32.1. The molecule has 5 nitrogen and oxygen atoms in total. The lowest BCUT2D eigenvalue weighted by molar-refractivity contribution is -0.131. The van der Waals surface area contributed by atoms with Crippen LogP contribution < -0.4 is 0 Å². The average molecular weight is 380 g/mol. The first-order valence-electron chi connectivity index (χ1n) is 9.05. The lowest BCUT2D eigenvalue weighted by Gasteiger charge is -2.31. The highest BCUT2D eigenvalue weighted by molar-refractivity contribution is 7.18. The molecule has 0 aliphatic carbocycles. The Hall–Kier alpha value is -2.73. The number of para-hydroxylation sites is 1. The van der Waals surface area contributed by atoms with Gasteiger partial charge in [-0.25, -0.2) is 9.78 Å². The second-order valence-corrected chi connectivity index (χ2v) is 7.92. The summed E-state index contributed by atoms with van der Waals surface area (Å²) >= 11 is 1.76. The van der Waals surface area contributed by atoms with E-state index in [0.717, 1.165) is 37.0 Å². The molecule has 0 saturated carbocycles. The average Bonchev–Trinajstić information content (AvgIpc) is 3.13. The minimum absolute atomic E-state index is 0.0980. The Morgan fingerprint density at radius 2 is 1.78 bits per heavy atom. The molecule has 0 unspecified atom stereocenters. The molecule has 6 heteroatoms. The third-order valence-corrected chi connectivity index (χ3v) is 6.26. The van der Waals surface area contributed by atoms with Gasteiger partial charge in [-0.15, -0.1) is 11.3 Å². The van der Waals surface area contributed by atoms with Gasteiger partial charge in [0.1, 0.15) is 0 Å². The molecule has 1 aliphatic rings. The van der Waals surface area contributed by atoms with Crippen LogP contribution >= 0.6 is 11.3 Å². The van der Waals surface area contributed by atoms with Crippen molar-refractivity contribution in [3.63, 3.8) is 0 Å². The number of carbonyl (C=O) groups is 2. The zero-order valence-corrected chi connectivity index (χ0v) is 15.6. The van der Waals surface area contributed by atoms with Crippen LogP contribution in [-0.4, -0.2) is 40.0 Å². The van der Waals surface area contributed by atoms with E-state index in [1.165, 1.54) is 9.71 Å². The number of amides is 1. The highest BCUT2D eigenvalue weighted by Gasteiger charge is 2.25. The van der Waals surface area contributed by atoms with Gasteiger partial charge < -0.3 is 10.0 Å². The van der Waals surface area contributed by atoms with Gasteiger partial charge in [0.15, 0.2) is 0 Å². The Kier molecular flexibility index (Phi) is 4.90. The number of carbonyl (C=O) groups excluding carboxylic acids is 1. The first-order valence-corrected chi connectivity index (χ1v) is 9.87. The number of benzene rings is 2.